The maximum atomic E-state index is 9.72. The van der Waals surface area contributed by atoms with Gasteiger partial charge in [0, 0.05) is 15.2 Å². The maximum absolute atomic E-state index is 9.72. The van der Waals surface area contributed by atoms with Crippen molar-refractivity contribution in [3.05, 3.63) is 24.8 Å². The molecule has 0 amide bonds. The van der Waals surface area contributed by atoms with Gasteiger partial charge >= 0.3 is 0 Å². The molecule has 3 nitrogen and oxygen atoms in total. The molecule has 0 bridgehead atoms. The van der Waals surface area contributed by atoms with Gasteiger partial charge in [0.1, 0.15) is 5.75 Å². The van der Waals surface area contributed by atoms with Crippen molar-refractivity contribution in [3.63, 3.8) is 0 Å². The molecule has 0 radical (unpaired) electrons. The number of halogens is 2. The van der Waals surface area contributed by atoms with Crippen LogP contribution in [-0.2, 0) is 0 Å². The van der Waals surface area contributed by atoms with E-state index in [1.165, 1.54) is 0 Å². The fourth-order valence-corrected chi connectivity index (χ4v) is 2.97. The third-order valence-electron chi connectivity index (χ3n) is 1.77. The molecule has 3 N–H and O–H groups in total. The van der Waals surface area contributed by atoms with Crippen LogP contribution in [0.2, 0.25) is 0 Å². The average Bonchev–Trinajstić information content (AvgIpc) is 2.11. The van der Waals surface area contributed by atoms with Gasteiger partial charge < -0.3 is 10.8 Å². The highest BCUT2D eigenvalue weighted by molar-refractivity contribution is 14.1. The molecule has 0 aliphatic heterocycles. The van der Waals surface area contributed by atoms with E-state index in [9.17, 15) is 5.11 Å². The molecule has 0 aromatic heterocycles. The number of phenols is 1. The minimum absolute atomic E-state index is 0.189. The Balaban J connectivity index is 3.14. The Morgan fingerprint density at radius 2 is 2.14 bits per heavy atom. The summed E-state index contributed by atoms with van der Waals surface area (Å²) in [5.74, 6) is 0.189. The topological polar surface area (TPSA) is 70.0 Å². The first-order valence-electron chi connectivity index (χ1n) is 3.86. The van der Waals surface area contributed by atoms with E-state index in [1.54, 1.807) is 6.07 Å². The third kappa shape index (κ3) is 2.71. The minimum Gasteiger partial charge on any atom is -0.506 e. The van der Waals surface area contributed by atoms with E-state index in [1.807, 2.05) is 34.7 Å². The van der Waals surface area contributed by atoms with Gasteiger partial charge in [0.2, 0.25) is 0 Å². The summed E-state index contributed by atoms with van der Waals surface area (Å²) in [5.41, 5.74) is 6.40. The molecule has 0 saturated heterocycles. The lowest BCUT2D eigenvalue weighted by Gasteiger charge is -2.11. The van der Waals surface area contributed by atoms with E-state index in [4.69, 9.17) is 11.0 Å². The number of nitriles is 1. The highest BCUT2D eigenvalue weighted by atomic mass is 127. The van der Waals surface area contributed by atoms with Crippen LogP contribution in [0, 0.1) is 18.5 Å². The molecule has 1 atom stereocenters. The average molecular weight is 414 g/mol. The summed E-state index contributed by atoms with van der Waals surface area (Å²) in [4.78, 5) is 0. The highest BCUT2D eigenvalue weighted by Crippen LogP contribution is 2.31. The second kappa shape index (κ2) is 5.14. The number of phenolic OH excluding ortho intramolecular Hbond substituents is 1. The van der Waals surface area contributed by atoms with E-state index < -0.39 is 6.04 Å². The number of nitrogens with two attached hydrogens (primary N) is 1. The number of nitrogens with zero attached hydrogens (tertiary/aromatic N) is 1. The third-order valence-corrected chi connectivity index (χ3v) is 3.21. The largest absolute Gasteiger partial charge is 0.506 e. The van der Waals surface area contributed by atoms with E-state index in [0.29, 0.717) is 5.56 Å². The molecule has 14 heavy (non-hydrogen) atoms. The van der Waals surface area contributed by atoms with Crippen molar-refractivity contribution >= 4 is 45.2 Å². The van der Waals surface area contributed by atoms with Crippen LogP contribution in [0.4, 0.5) is 0 Å². The summed E-state index contributed by atoms with van der Waals surface area (Å²) in [6.07, 6.45) is 0.212. The smallest absolute Gasteiger partial charge is 0.133 e. The Morgan fingerprint density at radius 1 is 1.50 bits per heavy atom. The Kier molecular flexibility index (Phi) is 4.40. The molecule has 5 heteroatoms. The van der Waals surface area contributed by atoms with Crippen molar-refractivity contribution < 1.29 is 5.11 Å². The second-order valence-corrected chi connectivity index (χ2v) is 5.20. The molecular weight excluding hydrogens is 406 g/mol. The first-order valence-corrected chi connectivity index (χ1v) is 6.02. The molecule has 74 valence electrons. The van der Waals surface area contributed by atoms with Gasteiger partial charge in [0.25, 0.3) is 0 Å². The standard InChI is InChI=1S/C9H8I2N2O/c10-5-3-6(8(13)1-2-12)9(14)7(11)4-5/h3-4,8,14H,1,13H2/t8-/m1/s1. The zero-order valence-electron chi connectivity index (χ0n) is 7.17. The predicted octanol–water partition coefficient (Wildman–Crippen LogP) is 2.51. The Hall–Kier alpha value is -0.0700. The zero-order valence-corrected chi connectivity index (χ0v) is 11.5. The van der Waals surface area contributed by atoms with Crippen molar-refractivity contribution in [2.75, 3.05) is 0 Å². The maximum Gasteiger partial charge on any atom is 0.133 e. The summed E-state index contributed by atoms with van der Waals surface area (Å²) in [5, 5.41) is 18.2. The monoisotopic (exact) mass is 414 g/mol. The number of hydrogen-bond donors (Lipinski definition) is 2. The van der Waals surface area contributed by atoms with Gasteiger partial charge in [0.15, 0.2) is 0 Å². The number of benzene rings is 1. The lowest BCUT2D eigenvalue weighted by molar-refractivity contribution is 0.458. The molecule has 0 fully saturated rings. The summed E-state index contributed by atoms with van der Waals surface area (Å²) in [6.45, 7) is 0. The number of aromatic hydroxyl groups is 1. The molecule has 1 rings (SSSR count). The van der Waals surface area contributed by atoms with Crippen molar-refractivity contribution in [1.82, 2.24) is 0 Å². The predicted molar refractivity (Wildman–Crippen MR) is 70.7 cm³/mol. The van der Waals surface area contributed by atoms with Crippen molar-refractivity contribution in [2.45, 2.75) is 12.5 Å². The Morgan fingerprint density at radius 3 is 2.71 bits per heavy atom. The van der Waals surface area contributed by atoms with Crippen LogP contribution in [0.25, 0.3) is 0 Å². The minimum atomic E-state index is -0.414. The Labute approximate surface area is 110 Å². The SMILES string of the molecule is N#CC[C@@H](N)c1cc(I)cc(I)c1O. The lowest BCUT2D eigenvalue weighted by atomic mass is 10.0. The summed E-state index contributed by atoms with van der Waals surface area (Å²) in [7, 11) is 0. The fraction of sp³-hybridized carbons (Fsp3) is 0.222. The molecule has 0 saturated carbocycles. The molecule has 0 aliphatic carbocycles. The van der Waals surface area contributed by atoms with Crippen LogP contribution in [0.1, 0.15) is 18.0 Å². The van der Waals surface area contributed by atoms with Crippen LogP contribution in [0.5, 0.6) is 5.75 Å². The molecule has 0 unspecified atom stereocenters. The molecular formula is C9H8I2N2O. The molecule has 0 spiro atoms. The van der Waals surface area contributed by atoms with Crippen LogP contribution >= 0.6 is 45.2 Å². The van der Waals surface area contributed by atoms with Crippen molar-refractivity contribution in [3.8, 4) is 11.8 Å². The quantitative estimate of drug-likeness (QED) is 0.732. The van der Waals surface area contributed by atoms with Gasteiger partial charge in [0.05, 0.1) is 16.1 Å². The van der Waals surface area contributed by atoms with Gasteiger partial charge in [-0.15, -0.1) is 0 Å². The molecule has 1 aromatic rings. The lowest BCUT2D eigenvalue weighted by Crippen LogP contribution is -2.10. The van der Waals surface area contributed by atoms with E-state index in [-0.39, 0.29) is 12.2 Å². The summed E-state index contributed by atoms with van der Waals surface area (Å²) < 4.78 is 1.77. The van der Waals surface area contributed by atoms with Gasteiger partial charge in [-0.25, -0.2) is 0 Å². The molecule has 0 heterocycles. The summed E-state index contributed by atoms with van der Waals surface area (Å²) >= 11 is 4.20. The molecule has 0 aliphatic rings. The zero-order chi connectivity index (χ0) is 10.7. The van der Waals surface area contributed by atoms with E-state index in [2.05, 4.69) is 22.6 Å². The van der Waals surface area contributed by atoms with Crippen LogP contribution < -0.4 is 5.73 Å². The Bertz CT molecular complexity index is 387. The van der Waals surface area contributed by atoms with Crippen molar-refractivity contribution in [1.29, 1.82) is 5.26 Å². The van der Waals surface area contributed by atoms with Gasteiger partial charge in [-0.05, 0) is 57.3 Å². The van der Waals surface area contributed by atoms with Gasteiger partial charge in [-0.1, -0.05) is 0 Å². The molecule has 1 aromatic carbocycles. The first kappa shape index (κ1) is 12.0. The van der Waals surface area contributed by atoms with Crippen LogP contribution in [-0.4, -0.2) is 5.11 Å². The highest BCUT2D eigenvalue weighted by Gasteiger charge is 2.13. The van der Waals surface area contributed by atoms with Gasteiger partial charge in [-0.2, -0.15) is 5.26 Å². The normalized spacial score (nSPS) is 12.1. The number of hydrogen-bond acceptors (Lipinski definition) is 3. The van der Waals surface area contributed by atoms with E-state index in [0.717, 1.165) is 7.14 Å². The van der Waals surface area contributed by atoms with Crippen LogP contribution in [0.15, 0.2) is 12.1 Å². The first-order chi connectivity index (χ1) is 6.56. The summed E-state index contributed by atoms with van der Waals surface area (Å²) in [6, 6.07) is 5.24. The van der Waals surface area contributed by atoms with E-state index >= 15 is 0 Å². The van der Waals surface area contributed by atoms with Crippen LogP contribution in [0.3, 0.4) is 0 Å². The fourth-order valence-electron chi connectivity index (χ4n) is 1.08. The second-order valence-electron chi connectivity index (χ2n) is 2.79. The number of rotatable bonds is 2. The van der Waals surface area contributed by atoms with Crippen molar-refractivity contribution in [2.24, 2.45) is 5.73 Å². The van der Waals surface area contributed by atoms with Gasteiger partial charge in [-0.3, -0.25) is 0 Å².